The maximum atomic E-state index is 12.2. The number of carbonyl (C=O) groups excluding carboxylic acids is 1. The molecular weight excluding hydrogens is 392 g/mol. The van der Waals surface area contributed by atoms with E-state index in [1.54, 1.807) is 11.8 Å². The quantitative estimate of drug-likeness (QED) is 0.497. The molecule has 0 unspecified atom stereocenters. The maximum absolute atomic E-state index is 12.2. The average Bonchev–Trinajstić information content (AvgIpc) is 3.14. The fourth-order valence-corrected chi connectivity index (χ4v) is 3.43. The van der Waals surface area contributed by atoms with Gasteiger partial charge in [0.05, 0.1) is 18.5 Å². The predicted molar refractivity (Wildman–Crippen MR) is 119 cm³/mol. The lowest BCUT2D eigenvalue weighted by Crippen LogP contribution is -2.28. The van der Waals surface area contributed by atoms with Gasteiger partial charge in [0.2, 0.25) is 5.88 Å². The highest BCUT2D eigenvalue weighted by molar-refractivity contribution is 5.84. The molecule has 0 aliphatic rings. The van der Waals surface area contributed by atoms with Crippen LogP contribution in [0.1, 0.15) is 16.8 Å². The zero-order valence-electron chi connectivity index (χ0n) is 17.8. The van der Waals surface area contributed by atoms with Gasteiger partial charge >= 0.3 is 0 Å². The summed E-state index contributed by atoms with van der Waals surface area (Å²) in [5.74, 6) is 0.949. The smallest absolute Gasteiger partial charge is 0.258 e. The minimum atomic E-state index is -0.219. The normalized spacial score (nSPS) is 10.8. The van der Waals surface area contributed by atoms with E-state index in [4.69, 9.17) is 9.47 Å². The van der Waals surface area contributed by atoms with E-state index >= 15 is 0 Å². The van der Waals surface area contributed by atoms with Crippen LogP contribution in [0.3, 0.4) is 0 Å². The van der Waals surface area contributed by atoms with Crippen molar-refractivity contribution in [3.8, 4) is 17.3 Å². The highest BCUT2D eigenvalue weighted by atomic mass is 16.5. The van der Waals surface area contributed by atoms with Gasteiger partial charge in [0.1, 0.15) is 5.75 Å². The van der Waals surface area contributed by atoms with Crippen LogP contribution in [-0.2, 0) is 11.3 Å². The van der Waals surface area contributed by atoms with Gasteiger partial charge < -0.3 is 14.8 Å². The summed E-state index contributed by atoms with van der Waals surface area (Å²) in [6.45, 7) is 4.25. The van der Waals surface area contributed by atoms with Crippen molar-refractivity contribution in [3.05, 3.63) is 77.5 Å². The topological polar surface area (TPSA) is 78.3 Å². The molecule has 0 saturated carbocycles. The molecule has 0 radical (unpaired) electrons. The number of hydrogen-bond donors (Lipinski definition) is 1. The molecule has 31 heavy (non-hydrogen) atoms. The number of benzene rings is 2. The molecule has 0 bridgehead atoms. The monoisotopic (exact) mass is 416 g/mol. The minimum Gasteiger partial charge on any atom is -0.497 e. The van der Waals surface area contributed by atoms with Gasteiger partial charge in [0.25, 0.3) is 5.91 Å². The summed E-state index contributed by atoms with van der Waals surface area (Å²) >= 11 is 0. The van der Waals surface area contributed by atoms with E-state index in [1.807, 2.05) is 74.5 Å². The number of nitrogens with one attached hydrogen (secondary N) is 1. The summed E-state index contributed by atoms with van der Waals surface area (Å²) < 4.78 is 12.6. The number of para-hydroxylation sites is 1. The number of amides is 1. The summed E-state index contributed by atoms with van der Waals surface area (Å²) in [5.41, 5.74) is 4.50. The molecule has 0 saturated heterocycles. The molecule has 2 aromatic carbocycles. The Morgan fingerprint density at radius 3 is 2.52 bits per heavy atom. The molecule has 158 valence electrons. The second kappa shape index (κ2) is 8.87. The highest BCUT2D eigenvalue weighted by Gasteiger charge is 2.15. The van der Waals surface area contributed by atoms with Crippen molar-refractivity contribution >= 4 is 16.9 Å². The Kier molecular flexibility index (Phi) is 5.84. The second-order valence-corrected chi connectivity index (χ2v) is 7.22. The Bertz CT molecular complexity index is 1200. The molecule has 2 aromatic heterocycles. The SMILES string of the molecule is COc1ccc(CNC(=O)COc2cc(C)c3c(C)nn(-c4ccccc4)c3n2)cc1. The molecule has 2 heterocycles. The Morgan fingerprint density at radius 2 is 1.81 bits per heavy atom. The van der Waals surface area contributed by atoms with Crippen LogP contribution >= 0.6 is 0 Å². The number of carbonyl (C=O) groups is 1. The number of pyridine rings is 1. The first-order chi connectivity index (χ1) is 15.0. The number of aromatic nitrogens is 3. The van der Waals surface area contributed by atoms with Crippen LogP contribution in [-0.4, -0.2) is 34.4 Å². The van der Waals surface area contributed by atoms with E-state index in [0.717, 1.165) is 33.6 Å². The second-order valence-electron chi connectivity index (χ2n) is 7.22. The van der Waals surface area contributed by atoms with Gasteiger partial charge in [0, 0.05) is 18.0 Å². The molecule has 4 rings (SSSR count). The molecule has 0 spiro atoms. The number of aryl methyl sites for hydroxylation is 2. The number of nitrogens with zero attached hydrogens (tertiary/aromatic N) is 3. The molecule has 0 aliphatic heterocycles. The van der Waals surface area contributed by atoms with Gasteiger partial charge in [-0.15, -0.1) is 0 Å². The van der Waals surface area contributed by atoms with Crippen LogP contribution < -0.4 is 14.8 Å². The van der Waals surface area contributed by atoms with Crippen LogP contribution in [0.4, 0.5) is 0 Å². The molecule has 7 heteroatoms. The summed E-state index contributed by atoms with van der Waals surface area (Å²) in [4.78, 5) is 16.9. The average molecular weight is 416 g/mol. The standard InChI is InChI=1S/C24H24N4O3/c1-16-13-22(31-15-21(29)25-14-18-9-11-20(30-3)12-10-18)26-24-23(16)17(2)27-28(24)19-7-5-4-6-8-19/h4-13H,14-15H2,1-3H3,(H,25,29). The van der Waals surface area contributed by atoms with Crippen molar-refractivity contribution in [2.45, 2.75) is 20.4 Å². The van der Waals surface area contributed by atoms with Crippen LogP contribution in [0.15, 0.2) is 60.7 Å². The van der Waals surface area contributed by atoms with Gasteiger partial charge in [-0.25, -0.2) is 4.68 Å². The predicted octanol–water partition coefficient (Wildman–Crippen LogP) is 3.74. The van der Waals surface area contributed by atoms with Gasteiger partial charge in [-0.3, -0.25) is 4.79 Å². The van der Waals surface area contributed by atoms with E-state index in [0.29, 0.717) is 18.1 Å². The number of hydrogen-bond acceptors (Lipinski definition) is 5. The van der Waals surface area contributed by atoms with E-state index in [-0.39, 0.29) is 12.5 Å². The van der Waals surface area contributed by atoms with Crippen LogP contribution in [0.2, 0.25) is 0 Å². The molecule has 0 atom stereocenters. The Labute approximate surface area is 180 Å². The zero-order valence-corrected chi connectivity index (χ0v) is 17.8. The Balaban J connectivity index is 1.46. The Hall–Kier alpha value is -3.87. The minimum absolute atomic E-state index is 0.118. The van der Waals surface area contributed by atoms with Gasteiger partial charge in [-0.2, -0.15) is 10.1 Å². The van der Waals surface area contributed by atoms with E-state index in [9.17, 15) is 4.79 Å². The number of ether oxygens (including phenoxy) is 2. The summed E-state index contributed by atoms with van der Waals surface area (Å²) in [5, 5.41) is 8.48. The van der Waals surface area contributed by atoms with Crippen LogP contribution in [0.5, 0.6) is 11.6 Å². The summed E-state index contributed by atoms with van der Waals surface area (Å²) in [7, 11) is 1.62. The number of rotatable bonds is 7. The van der Waals surface area contributed by atoms with Crippen molar-refractivity contribution in [2.24, 2.45) is 0 Å². The molecule has 7 nitrogen and oxygen atoms in total. The lowest BCUT2D eigenvalue weighted by molar-refractivity contribution is -0.123. The summed E-state index contributed by atoms with van der Waals surface area (Å²) in [6, 6.07) is 19.2. The van der Waals surface area contributed by atoms with E-state index in [2.05, 4.69) is 15.4 Å². The van der Waals surface area contributed by atoms with Crippen LogP contribution in [0.25, 0.3) is 16.7 Å². The first-order valence-electron chi connectivity index (χ1n) is 10.00. The van der Waals surface area contributed by atoms with Crippen molar-refractivity contribution in [3.63, 3.8) is 0 Å². The lowest BCUT2D eigenvalue weighted by Gasteiger charge is -2.09. The number of methoxy groups -OCH3 is 1. The van der Waals surface area contributed by atoms with Crippen LogP contribution in [0, 0.1) is 13.8 Å². The molecular formula is C24H24N4O3. The maximum Gasteiger partial charge on any atom is 0.258 e. The molecule has 1 N–H and O–H groups in total. The van der Waals surface area contributed by atoms with Crippen molar-refractivity contribution in [2.75, 3.05) is 13.7 Å². The van der Waals surface area contributed by atoms with E-state index < -0.39 is 0 Å². The highest BCUT2D eigenvalue weighted by Crippen LogP contribution is 2.26. The van der Waals surface area contributed by atoms with Gasteiger partial charge in [0.15, 0.2) is 12.3 Å². The van der Waals surface area contributed by atoms with Crippen molar-refractivity contribution < 1.29 is 14.3 Å². The molecule has 0 fully saturated rings. The molecule has 0 aliphatic carbocycles. The Morgan fingerprint density at radius 1 is 1.06 bits per heavy atom. The summed E-state index contributed by atoms with van der Waals surface area (Å²) in [6.07, 6.45) is 0. The first-order valence-corrected chi connectivity index (χ1v) is 10.00. The van der Waals surface area contributed by atoms with Gasteiger partial charge in [-0.05, 0) is 49.2 Å². The lowest BCUT2D eigenvalue weighted by atomic mass is 10.2. The third kappa shape index (κ3) is 4.50. The third-order valence-corrected chi connectivity index (χ3v) is 4.99. The largest absolute Gasteiger partial charge is 0.497 e. The van der Waals surface area contributed by atoms with Gasteiger partial charge in [-0.1, -0.05) is 30.3 Å². The van der Waals surface area contributed by atoms with E-state index in [1.165, 1.54) is 0 Å². The molecule has 4 aromatic rings. The van der Waals surface area contributed by atoms with Crippen molar-refractivity contribution in [1.29, 1.82) is 0 Å². The van der Waals surface area contributed by atoms with Crippen molar-refractivity contribution in [1.82, 2.24) is 20.1 Å². The fourth-order valence-electron chi connectivity index (χ4n) is 3.43. The zero-order chi connectivity index (χ0) is 21.8. The molecule has 1 amide bonds. The third-order valence-electron chi connectivity index (χ3n) is 4.99. The first kappa shape index (κ1) is 20.4. The number of fused-ring (bicyclic) bond motifs is 1. The fraction of sp³-hybridized carbons (Fsp3) is 0.208.